The Kier molecular flexibility index (Phi) is 5.56. The monoisotopic (exact) mass is 559 g/mol. The van der Waals surface area contributed by atoms with Crippen LogP contribution in [0.2, 0.25) is 0 Å². The average Bonchev–Trinajstić information content (AvgIpc) is 3.60. The lowest BCUT2D eigenvalue weighted by molar-refractivity contribution is 1.18. The molecule has 5 nitrogen and oxygen atoms in total. The number of fused-ring (bicyclic) bond motifs is 6. The van der Waals surface area contributed by atoms with E-state index in [-0.39, 0.29) is 0 Å². The van der Waals surface area contributed by atoms with E-state index in [2.05, 4.69) is 98.9 Å². The molecule has 2 heterocycles. The standard InChI is InChI=1S/C39H21N5/c1-42-34-17-12-26(24-41)20-39(34)44-36-9-5-3-7-31(36)33-22-28(14-19-38(33)44)27-13-18-37-32(21-27)30-6-2-4-8-35(30)43(37)29-15-10-25(23-40)11-16-29/h2-22H. The van der Waals surface area contributed by atoms with Gasteiger partial charge in [-0.05, 0) is 77.9 Å². The van der Waals surface area contributed by atoms with Crippen molar-refractivity contribution in [1.29, 1.82) is 10.5 Å². The molecule has 8 rings (SSSR count). The van der Waals surface area contributed by atoms with Gasteiger partial charge in [0.2, 0.25) is 5.69 Å². The number of para-hydroxylation sites is 2. The largest absolute Gasteiger partial charge is 0.319 e. The van der Waals surface area contributed by atoms with Gasteiger partial charge in [0.1, 0.15) is 0 Å². The van der Waals surface area contributed by atoms with Crippen molar-refractivity contribution in [2.45, 2.75) is 0 Å². The number of nitrogens with zero attached hydrogens (tertiary/aromatic N) is 5. The molecule has 0 amide bonds. The van der Waals surface area contributed by atoms with Crippen LogP contribution in [0.15, 0.2) is 127 Å². The van der Waals surface area contributed by atoms with E-state index in [0.717, 1.165) is 60.4 Å². The lowest BCUT2D eigenvalue weighted by atomic mass is 10.0. The number of hydrogen-bond donors (Lipinski definition) is 0. The SMILES string of the molecule is [C-]#[N+]c1ccc(C#N)cc1-n1c2ccccc2c2cc(-c3ccc4c(c3)c3ccccc3n4-c3ccc(C#N)cc3)ccc21. The molecule has 0 radical (unpaired) electrons. The first-order chi connectivity index (χ1) is 21.7. The maximum Gasteiger partial charge on any atom is 0.210 e. The highest BCUT2D eigenvalue weighted by Gasteiger charge is 2.17. The van der Waals surface area contributed by atoms with Crippen molar-refractivity contribution >= 4 is 49.3 Å². The summed E-state index contributed by atoms with van der Waals surface area (Å²) in [6.07, 6.45) is 0. The highest BCUT2D eigenvalue weighted by atomic mass is 15.0. The lowest BCUT2D eigenvalue weighted by Crippen LogP contribution is -1.95. The summed E-state index contributed by atoms with van der Waals surface area (Å²) in [5, 5.41) is 23.4. The fourth-order valence-corrected chi connectivity index (χ4v) is 6.39. The Morgan fingerprint density at radius 1 is 0.500 bits per heavy atom. The molecule has 8 aromatic rings. The zero-order valence-corrected chi connectivity index (χ0v) is 23.4. The topological polar surface area (TPSA) is 61.8 Å². The van der Waals surface area contributed by atoms with E-state index in [1.165, 1.54) is 0 Å². The van der Waals surface area contributed by atoms with Crippen molar-refractivity contribution in [2.24, 2.45) is 0 Å². The van der Waals surface area contributed by atoms with Crippen molar-refractivity contribution in [1.82, 2.24) is 9.13 Å². The molecule has 5 heteroatoms. The molecule has 0 aliphatic carbocycles. The Morgan fingerprint density at radius 3 is 1.61 bits per heavy atom. The molecule has 0 N–H and O–H groups in total. The quantitative estimate of drug-likeness (QED) is 0.202. The molecule has 0 bridgehead atoms. The maximum absolute atomic E-state index is 9.59. The first-order valence-electron chi connectivity index (χ1n) is 14.2. The second-order valence-electron chi connectivity index (χ2n) is 10.8. The molecule has 0 fully saturated rings. The number of nitriles is 2. The van der Waals surface area contributed by atoms with E-state index in [4.69, 9.17) is 6.57 Å². The summed E-state index contributed by atoms with van der Waals surface area (Å²) in [5.74, 6) is 0. The summed E-state index contributed by atoms with van der Waals surface area (Å²) in [6.45, 7) is 7.79. The highest BCUT2D eigenvalue weighted by Crippen LogP contribution is 2.39. The normalized spacial score (nSPS) is 11.1. The molecule has 6 aromatic carbocycles. The summed E-state index contributed by atoms with van der Waals surface area (Å²) in [6, 6.07) is 47.0. The molecule has 44 heavy (non-hydrogen) atoms. The number of hydrogen-bond acceptors (Lipinski definition) is 2. The van der Waals surface area contributed by atoms with Crippen LogP contribution in [0.5, 0.6) is 0 Å². The van der Waals surface area contributed by atoms with Gasteiger partial charge in [-0.3, -0.25) is 0 Å². The zero-order valence-electron chi connectivity index (χ0n) is 23.4. The Bertz CT molecular complexity index is 2580. The lowest BCUT2D eigenvalue weighted by Gasteiger charge is -2.11. The van der Waals surface area contributed by atoms with E-state index in [0.29, 0.717) is 22.5 Å². The third-order valence-corrected chi connectivity index (χ3v) is 8.40. The minimum atomic E-state index is 0.500. The van der Waals surface area contributed by atoms with Gasteiger partial charge < -0.3 is 9.13 Å². The van der Waals surface area contributed by atoms with E-state index in [1.807, 2.05) is 36.4 Å². The maximum atomic E-state index is 9.59. The molecule has 2 aromatic heterocycles. The molecule has 0 atom stereocenters. The van der Waals surface area contributed by atoms with Gasteiger partial charge in [0, 0.05) is 27.2 Å². The molecule has 202 valence electrons. The Morgan fingerprint density at radius 2 is 1.02 bits per heavy atom. The summed E-state index contributed by atoms with van der Waals surface area (Å²) < 4.78 is 4.34. The Hall–Kier alpha value is -6.61. The highest BCUT2D eigenvalue weighted by molar-refractivity contribution is 6.13. The van der Waals surface area contributed by atoms with Crippen molar-refractivity contribution in [3.63, 3.8) is 0 Å². The predicted molar refractivity (Wildman–Crippen MR) is 176 cm³/mol. The molecule has 0 spiro atoms. The van der Waals surface area contributed by atoms with Gasteiger partial charge in [-0.25, -0.2) is 4.85 Å². The van der Waals surface area contributed by atoms with Gasteiger partial charge in [0.05, 0.1) is 57.6 Å². The number of aromatic nitrogens is 2. The number of benzene rings is 6. The van der Waals surface area contributed by atoms with E-state index >= 15 is 0 Å². The van der Waals surface area contributed by atoms with Crippen LogP contribution in [0.1, 0.15) is 11.1 Å². The average molecular weight is 560 g/mol. The van der Waals surface area contributed by atoms with Crippen LogP contribution in [-0.2, 0) is 0 Å². The van der Waals surface area contributed by atoms with Crippen LogP contribution in [0, 0.1) is 29.2 Å². The van der Waals surface area contributed by atoms with Gasteiger partial charge in [-0.2, -0.15) is 10.5 Å². The van der Waals surface area contributed by atoms with Crippen molar-refractivity contribution in [2.75, 3.05) is 0 Å². The van der Waals surface area contributed by atoms with Crippen molar-refractivity contribution in [3.05, 3.63) is 150 Å². The van der Waals surface area contributed by atoms with E-state index in [1.54, 1.807) is 18.2 Å². The summed E-state index contributed by atoms with van der Waals surface area (Å²) in [4.78, 5) is 3.77. The fourth-order valence-electron chi connectivity index (χ4n) is 6.39. The van der Waals surface area contributed by atoms with Crippen molar-refractivity contribution in [3.8, 4) is 34.6 Å². The molecule has 0 saturated carbocycles. The van der Waals surface area contributed by atoms with Crippen LogP contribution in [0.4, 0.5) is 5.69 Å². The summed E-state index contributed by atoms with van der Waals surface area (Å²) in [7, 11) is 0. The van der Waals surface area contributed by atoms with Gasteiger partial charge in [0.25, 0.3) is 0 Å². The second-order valence-corrected chi connectivity index (χ2v) is 10.8. The second kappa shape index (κ2) is 9.74. The van der Waals surface area contributed by atoms with Crippen molar-refractivity contribution < 1.29 is 0 Å². The molecule has 0 aliphatic heterocycles. The minimum Gasteiger partial charge on any atom is -0.319 e. The number of rotatable bonds is 3. The van der Waals surface area contributed by atoms with Crippen LogP contribution < -0.4 is 0 Å². The first-order valence-corrected chi connectivity index (χ1v) is 14.2. The summed E-state index contributed by atoms with van der Waals surface area (Å²) >= 11 is 0. The Labute approximate surface area is 253 Å². The van der Waals surface area contributed by atoms with Crippen LogP contribution in [0.25, 0.3) is 71.0 Å². The molecular weight excluding hydrogens is 538 g/mol. The first kappa shape index (κ1) is 25.1. The smallest absolute Gasteiger partial charge is 0.210 e. The van der Waals surface area contributed by atoms with Gasteiger partial charge in [-0.1, -0.05) is 60.7 Å². The fraction of sp³-hybridized carbons (Fsp3) is 0. The van der Waals surface area contributed by atoms with Gasteiger partial charge in [-0.15, -0.1) is 0 Å². The third-order valence-electron chi connectivity index (χ3n) is 8.40. The van der Waals surface area contributed by atoms with Crippen LogP contribution in [0.3, 0.4) is 0 Å². The molecule has 0 saturated heterocycles. The van der Waals surface area contributed by atoms with E-state index < -0.39 is 0 Å². The van der Waals surface area contributed by atoms with Gasteiger partial charge in [0.15, 0.2) is 0 Å². The van der Waals surface area contributed by atoms with Crippen LogP contribution in [-0.4, -0.2) is 9.13 Å². The minimum absolute atomic E-state index is 0.500. The third kappa shape index (κ3) is 3.70. The zero-order chi connectivity index (χ0) is 29.8. The predicted octanol–water partition coefficient (Wildman–Crippen LogP) is 9.84. The van der Waals surface area contributed by atoms with Gasteiger partial charge >= 0.3 is 0 Å². The molecular formula is C39H21N5. The van der Waals surface area contributed by atoms with E-state index in [9.17, 15) is 10.5 Å². The molecule has 0 unspecified atom stereocenters. The Balaban J connectivity index is 1.34. The van der Waals surface area contributed by atoms with Crippen LogP contribution >= 0.6 is 0 Å². The summed E-state index contributed by atoms with van der Waals surface area (Å²) in [5.41, 5.74) is 9.74. The molecule has 0 aliphatic rings.